The van der Waals surface area contributed by atoms with Crippen LogP contribution < -0.4 is 16.0 Å². The number of hydrogen-bond acceptors (Lipinski definition) is 2. The van der Waals surface area contributed by atoms with Gasteiger partial charge in [0, 0.05) is 5.69 Å². The molecule has 0 radical (unpaired) electrons. The quantitative estimate of drug-likeness (QED) is 0.765. The smallest absolute Gasteiger partial charge is 0.282 e. The minimum Gasteiger partial charge on any atom is -0.369 e. The van der Waals surface area contributed by atoms with Crippen LogP contribution in [0.25, 0.3) is 0 Å². The van der Waals surface area contributed by atoms with Gasteiger partial charge in [-0.1, -0.05) is 17.7 Å². The molecule has 4 N–H and O–H groups in total. The average Bonchev–Trinajstić information content (AvgIpc) is 2.50. The summed E-state index contributed by atoms with van der Waals surface area (Å²) in [6, 6.07) is 3.95. The van der Waals surface area contributed by atoms with E-state index >= 15 is 0 Å². The van der Waals surface area contributed by atoms with Crippen LogP contribution in [0.5, 0.6) is 0 Å². The largest absolute Gasteiger partial charge is 0.369 e. The van der Waals surface area contributed by atoms with Gasteiger partial charge in [0.25, 0.3) is 5.91 Å². The van der Waals surface area contributed by atoms with Crippen molar-refractivity contribution in [1.82, 2.24) is 0 Å². The van der Waals surface area contributed by atoms with E-state index in [0.29, 0.717) is 6.54 Å². The number of likely N-dealkylation sites (tertiary alicyclic amines) is 1. The Morgan fingerprint density at radius 1 is 1.26 bits per heavy atom. The second-order valence-electron chi connectivity index (χ2n) is 6.84. The molecule has 0 saturated carbocycles. The molecule has 2 rings (SSSR count). The fourth-order valence-corrected chi connectivity index (χ4v) is 3.53. The molecular formula is C18H28N3O2+. The molecule has 1 heterocycles. The van der Waals surface area contributed by atoms with Gasteiger partial charge in [0.15, 0.2) is 6.04 Å². The fourth-order valence-electron chi connectivity index (χ4n) is 3.53. The number of amides is 2. The van der Waals surface area contributed by atoms with Crippen LogP contribution in [0.3, 0.4) is 0 Å². The lowest BCUT2D eigenvalue weighted by atomic mass is 9.96. The van der Waals surface area contributed by atoms with Crippen LogP contribution in [-0.2, 0) is 9.59 Å². The van der Waals surface area contributed by atoms with Crippen molar-refractivity contribution in [2.24, 2.45) is 11.7 Å². The van der Waals surface area contributed by atoms with Gasteiger partial charge in [0.2, 0.25) is 5.91 Å². The van der Waals surface area contributed by atoms with Crippen molar-refractivity contribution in [2.45, 2.75) is 46.6 Å². The zero-order valence-electron chi connectivity index (χ0n) is 14.5. The SMILES string of the molecule is Cc1cc(C)c(NC(=O)[C@@H](C)[NH+]2CCC[C@H](C(N)=O)C2)c(C)c1. The van der Waals surface area contributed by atoms with E-state index in [0.717, 1.165) is 41.1 Å². The van der Waals surface area contributed by atoms with Crippen molar-refractivity contribution in [3.63, 3.8) is 0 Å². The van der Waals surface area contributed by atoms with Gasteiger partial charge in [-0.3, -0.25) is 9.59 Å². The Labute approximate surface area is 138 Å². The van der Waals surface area contributed by atoms with E-state index in [1.165, 1.54) is 5.56 Å². The van der Waals surface area contributed by atoms with Crippen LogP contribution in [0, 0.1) is 26.7 Å². The van der Waals surface area contributed by atoms with Crippen LogP contribution in [-0.4, -0.2) is 30.9 Å². The monoisotopic (exact) mass is 318 g/mol. The van der Waals surface area contributed by atoms with Crippen molar-refractivity contribution in [3.05, 3.63) is 28.8 Å². The first kappa shape index (κ1) is 17.5. The molecule has 1 saturated heterocycles. The molecule has 1 aliphatic heterocycles. The molecule has 1 aromatic rings. The van der Waals surface area contributed by atoms with Gasteiger partial charge in [0.05, 0.1) is 19.0 Å². The standard InChI is InChI=1S/C18H27N3O2/c1-11-8-12(2)16(13(3)9-11)20-18(23)14(4)21-7-5-6-15(10-21)17(19)22/h8-9,14-15H,5-7,10H2,1-4H3,(H2,19,22)(H,20,23)/p+1/t14-,15+/m1/s1. The van der Waals surface area contributed by atoms with Crippen LogP contribution in [0.1, 0.15) is 36.5 Å². The van der Waals surface area contributed by atoms with Crippen molar-refractivity contribution in [3.8, 4) is 0 Å². The summed E-state index contributed by atoms with van der Waals surface area (Å²) in [5.74, 6) is -0.364. The van der Waals surface area contributed by atoms with Gasteiger partial charge in [-0.2, -0.15) is 0 Å². The van der Waals surface area contributed by atoms with Crippen molar-refractivity contribution in [2.75, 3.05) is 18.4 Å². The number of primary amides is 1. The molecule has 1 unspecified atom stereocenters. The van der Waals surface area contributed by atoms with Crippen molar-refractivity contribution < 1.29 is 14.5 Å². The second kappa shape index (κ2) is 7.13. The maximum absolute atomic E-state index is 12.6. The summed E-state index contributed by atoms with van der Waals surface area (Å²) in [5, 5.41) is 3.07. The first-order chi connectivity index (χ1) is 10.8. The highest BCUT2D eigenvalue weighted by Gasteiger charge is 2.33. The number of carbonyl (C=O) groups excluding carboxylic acids is 2. The Hall–Kier alpha value is -1.88. The van der Waals surface area contributed by atoms with E-state index < -0.39 is 0 Å². The summed E-state index contributed by atoms with van der Waals surface area (Å²) in [7, 11) is 0. The Morgan fingerprint density at radius 2 is 1.87 bits per heavy atom. The summed E-state index contributed by atoms with van der Waals surface area (Å²) >= 11 is 0. The first-order valence-electron chi connectivity index (χ1n) is 8.32. The van der Waals surface area contributed by atoms with Gasteiger partial charge in [0.1, 0.15) is 0 Å². The summed E-state index contributed by atoms with van der Waals surface area (Å²) in [6.07, 6.45) is 1.77. The number of hydrogen-bond donors (Lipinski definition) is 3. The molecule has 126 valence electrons. The third kappa shape index (κ3) is 4.10. The zero-order chi connectivity index (χ0) is 17.1. The van der Waals surface area contributed by atoms with Gasteiger partial charge in [-0.15, -0.1) is 0 Å². The molecule has 1 fully saturated rings. The molecule has 1 aliphatic rings. The van der Waals surface area contributed by atoms with E-state index in [1.54, 1.807) is 0 Å². The lowest BCUT2D eigenvalue weighted by Gasteiger charge is -2.32. The number of aryl methyl sites for hydroxylation is 3. The number of rotatable bonds is 4. The third-order valence-corrected chi connectivity index (χ3v) is 4.89. The number of benzene rings is 1. The minimum absolute atomic E-state index is 0.000161. The van der Waals surface area contributed by atoms with Gasteiger partial charge >= 0.3 is 0 Å². The lowest BCUT2D eigenvalue weighted by molar-refractivity contribution is -0.921. The number of piperidine rings is 1. The minimum atomic E-state index is -0.250. The normalized spacial score (nSPS) is 22.4. The number of nitrogens with two attached hydrogens (primary N) is 1. The molecule has 0 spiro atoms. The van der Waals surface area contributed by atoms with Crippen LogP contribution in [0.2, 0.25) is 0 Å². The Morgan fingerprint density at radius 3 is 2.43 bits per heavy atom. The van der Waals surface area contributed by atoms with Gasteiger partial charge < -0.3 is 16.0 Å². The van der Waals surface area contributed by atoms with Gasteiger partial charge in [-0.25, -0.2) is 0 Å². The zero-order valence-corrected chi connectivity index (χ0v) is 14.5. The van der Waals surface area contributed by atoms with Crippen molar-refractivity contribution in [1.29, 1.82) is 0 Å². The molecule has 23 heavy (non-hydrogen) atoms. The molecule has 5 heteroatoms. The predicted molar refractivity (Wildman–Crippen MR) is 91.4 cm³/mol. The van der Waals surface area contributed by atoms with Crippen molar-refractivity contribution >= 4 is 17.5 Å². The number of nitrogens with one attached hydrogen (secondary N) is 2. The Bertz CT molecular complexity index is 589. The molecule has 3 atom stereocenters. The van der Waals surface area contributed by atoms with Crippen LogP contribution >= 0.6 is 0 Å². The average molecular weight is 318 g/mol. The molecule has 0 bridgehead atoms. The highest BCUT2D eigenvalue weighted by Crippen LogP contribution is 2.22. The van der Waals surface area contributed by atoms with E-state index in [2.05, 4.69) is 24.4 Å². The fraction of sp³-hybridized carbons (Fsp3) is 0.556. The number of quaternary nitrogens is 1. The molecule has 0 aromatic heterocycles. The molecule has 5 nitrogen and oxygen atoms in total. The summed E-state index contributed by atoms with van der Waals surface area (Å²) in [6.45, 7) is 9.55. The number of carbonyl (C=O) groups is 2. The highest BCUT2D eigenvalue weighted by molar-refractivity contribution is 5.95. The number of anilines is 1. The lowest BCUT2D eigenvalue weighted by Crippen LogP contribution is -3.18. The van der Waals surface area contributed by atoms with E-state index in [1.807, 2.05) is 20.8 Å². The second-order valence-corrected chi connectivity index (χ2v) is 6.84. The Kier molecular flexibility index (Phi) is 5.42. The summed E-state index contributed by atoms with van der Waals surface area (Å²) in [4.78, 5) is 25.2. The molecule has 1 aromatic carbocycles. The highest BCUT2D eigenvalue weighted by atomic mass is 16.2. The first-order valence-corrected chi connectivity index (χ1v) is 8.32. The summed E-state index contributed by atoms with van der Waals surface area (Å²) in [5.41, 5.74) is 9.67. The van der Waals surface area contributed by atoms with E-state index in [4.69, 9.17) is 5.73 Å². The predicted octanol–water partition coefficient (Wildman–Crippen LogP) is 0.719. The van der Waals surface area contributed by atoms with E-state index in [9.17, 15) is 9.59 Å². The maximum atomic E-state index is 12.6. The van der Waals surface area contributed by atoms with Crippen LogP contribution in [0.4, 0.5) is 5.69 Å². The topological polar surface area (TPSA) is 76.6 Å². The maximum Gasteiger partial charge on any atom is 0.282 e. The van der Waals surface area contributed by atoms with E-state index in [-0.39, 0.29) is 23.8 Å². The third-order valence-electron chi connectivity index (χ3n) is 4.89. The Balaban J connectivity index is 2.07. The molecule has 0 aliphatic carbocycles. The van der Waals surface area contributed by atoms with Crippen LogP contribution in [0.15, 0.2) is 12.1 Å². The van der Waals surface area contributed by atoms with Gasteiger partial charge in [-0.05, 0) is 51.7 Å². The molecular weight excluding hydrogens is 290 g/mol. The molecule has 2 amide bonds. The summed E-state index contributed by atoms with van der Waals surface area (Å²) < 4.78 is 0.